The first-order chi connectivity index (χ1) is 5.37. The second kappa shape index (κ2) is 4.68. The summed E-state index contributed by atoms with van der Waals surface area (Å²) in [6.07, 6.45) is 0. The summed E-state index contributed by atoms with van der Waals surface area (Å²) in [5.74, 6) is 0.222. The molecule has 0 bridgehead atoms. The molecule has 0 saturated carbocycles. The van der Waals surface area contributed by atoms with Crippen LogP contribution in [0.5, 0.6) is 0 Å². The Kier molecular flexibility index (Phi) is 4.58. The van der Waals surface area contributed by atoms with Crippen LogP contribution < -0.4 is 5.73 Å². The Morgan fingerprint density at radius 3 is 2.58 bits per heavy atom. The number of amidine groups is 1. The van der Waals surface area contributed by atoms with Crippen molar-refractivity contribution in [1.29, 1.82) is 0 Å². The molecule has 7 heteroatoms. The van der Waals surface area contributed by atoms with Crippen LogP contribution in [0.1, 0.15) is 13.8 Å². The highest BCUT2D eigenvalue weighted by Gasteiger charge is 2.15. The van der Waals surface area contributed by atoms with Gasteiger partial charge in [-0.2, -0.15) is 8.42 Å². The van der Waals surface area contributed by atoms with E-state index in [9.17, 15) is 8.42 Å². The molecule has 0 amide bonds. The van der Waals surface area contributed by atoms with Crippen molar-refractivity contribution < 1.29 is 13.0 Å². The quantitative estimate of drug-likeness (QED) is 0.302. The second-order valence-corrected chi connectivity index (χ2v) is 5.66. The predicted molar refractivity (Wildman–Crippen MR) is 50.8 cm³/mol. The first-order valence-electron chi connectivity index (χ1n) is 3.32. The molecular weight excluding hydrogens is 200 g/mol. The van der Waals surface area contributed by atoms with Crippen molar-refractivity contribution in [1.82, 2.24) is 0 Å². The fourth-order valence-corrected chi connectivity index (χ4v) is 2.47. The van der Waals surface area contributed by atoms with E-state index in [1.165, 1.54) is 0 Å². The minimum absolute atomic E-state index is 0.222. The SMILES string of the molecule is CCN=C(N)C(C)SS(=O)(=O)O. The Bertz CT molecular complexity index is 260. The lowest BCUT2D eigenvalue weighted by Gasteiger charge is -2.06. The Balaban J connectivity index is 4.23. The van der Waals surface area contributed by atoms with Crippen LogP contribution in [0.2, 0.25) is 0 Å². The van der Waals surface area contributed by atoms with Gasteiger partial charge in [0.25, 0.3) is 0 Å². The largest absolute Gasteiger partial charge is 0.387 e. The van der Waals surface area contributed by atoms with Crippen LogP contribution >= 0.6 is 10.8 Å². The highest BCUT2D eigenvalue weighted by atomic mass is 33.1. The monoisotopic (exact) mass is 212 g/mol. The number of aliphatic imine (C=N–C) groups is 1. The molecule has 3 N–H and O–H groups in total. The van der Waals surface area contributed by atoms with Crippen molar-refractivity contribution in [3.8, 4) is 0 Å². The van der Waals surface area contributed by atoms with E-state index in [4.69, 9.17) is 10.3 Å². The molecule has 0 heterocycles. The van der Waals surface area contributed by atoms with Crippen LogP contribution in [0.15, 0.2) is 4.99 Å². The molecular formula is C5H12N2O3S2. The number of hydrogen-bond acceptors (Lipinski definition) is 4. The number of hydrogen-bond donors (Lipinski definition) is 2. The molecule has 0 aliphatic carbocycles. The zero-order valence-electron chi connectivity index (χ0n) is 6.89. The van der Waals surface area contributed by atoms with Crippen LogP contribution in [0.3, 0.4) is 0 Å². The molecule has 0 aromatic heterocycles. The van der Waals surface area contributed by atoms with Gasteiger partial charge in [0.05, 0.1) is 5.25 Å². The highest BCUT2D eigenvalue weighted by molar-refractivity contribution is 8.70. The summed E-state index contributed by atoms with van der Waals surface area (Å²) < 4.78 is 29.1. The number of nitrogens with zero attached hydrogens (tertiary/aromatic N) is 1. The summed E-state index contributed by atoms with van der Waals surface area (Å²) in [7, 11) is -3.65. The Hall–Kier alpha value is -0.270. The second-order valence-electron chi connectivity index (χ2n) is 2.07. The van der Waals surface area contributed by atoms with Crippen LogP contribution in [-0.4, -0.2) is 30.6 Å². The van der Waals surface area contributed by atoms with Gasteiger partial charge in [0.2, 0.25) is 0 Å². The van der Waals surface area contributed by atoms with Gasteiger partial charge in [-0.1, -0.05) is 0 Å². The average Bonchev–Trinajstić information content (AvgIpc) is 1.84. The molecule has 0 radical (unpaired) electrons. The summed E-state index contributed by atoms with van der Waals surface area (Å²) in [6.45, 7) is 3.85. The van der Waals surface area contributed by atoms with Gasteiger partial charge in [-0.15, -0.1) is 0 Å². The van der Waals surface area contributed by atoms with Gasteiger partial charge in [-0.25, -0.2) is 0 Å². The van der Waals surface area contributed by atoms with E-state index in [-0.39, 0.29) is 5.84 Å². The normalized spacial score (nSPS) is 16.1. The zero-order chi connectivity index (χ0) is 9.78. The lowest BCUT2D eigenvalue weighted by molar-refractivity contribution is 0.503. The van der Waals surface area contributed by atoms with E-state index in [1.54, 1.807) is 13.8 Å². The van der Waals surface area contributed by atoms with E-state index < -0.39 is 14.4 Å². The maximum absolute atomic E-state index is 10.4. The zero-order valence-corrected chi connectivity index (χ0v) is 8.52. The van der Waals surface area contributed by atoms with E-state index in [0.29, 0.717) is 17.3 Å². The summed E-state index contributed by atoms with van der Waals surface area (Å²) >= 11 is 0. The summed E-state index contributed by atoms with van der Waals surface area (Å²) in [4.78, 5) is 3.81. The van der Waals surface area contributed by atoms with Crippen molar-refractivity contribution in [2.24, 2.45) is 10.7 Å². The molecule has 1 atom stereocenters. The molecule has 0 fully saturated rings. The van der Waals surface area contributed by atoms with Gasteiger partial charge >= 0.3 is 9.15 Å². The number of nitrogens with two attached hydrogens (primary N) is 1. The fourth-order valence-electron chi connectivity index (χ4n) is 0.543. The molecule has 0 saturated heterocycles. The van der Waals surface area contributed by atoms with Gasteiger partial charge in [0.1, 0.15) is 5.84 Å². The van der Waals surface area contributed by atoms with Gasteiger partial charge in [-0.05, 0) is 13.8 Å². The fraction of sp³-hybridized carbons (Fsp3) is 0.800. The van der Waals surface area contributed by atoms with E-state index in [0.717, 1.165) is 0 Å². The Labute approximate surface area is 75.6 Å². The lowest BCUT2D eigenvalue weighted by atomic mass is 10.4. The maximum Gasteiger partial charge on any atom is 0.320 e. The number of rotatable bonds is 4. The lowest BCUT2D eigenvalue weighted by Crippen LogP contribution is -2.25. The van der Waals surface area contributed by atoms with Gasteiger partial charge in [-0.3, -0.25) is 9.55 Å². The average molecular weight is 212 g/mol. The summed E-state index contributed by atoms with van der Waals surface area (Å²) in [5.41, 5.74) is 5.39. The molecule has 1 unspecified atom stereocenters. The van der Waals surface area contributed by atoms with Crippen LogP contribution in [-0.2, 0) is 9.15 Å². The third-order valence-corrected chi connectivity index (χ3v) is 3.39. The van der Waals surface area contributed by atoms with Crippen molar-refractivity contribution in [2.45, 2.75) is 19.1 Å². The third kappa shape index (κ3) is 5.39. The predicted octanol–water partition coefficient (Wildman–Crippen LogP) is 0.288. The van der Waals surface area contributed by atoms with E-state index >= 15 is 0 Å². The van der Waals surface area contributed by atoms with Gasteiger partial charge in [0, 0.05) is 17.3 Å². The molecule has 0 aromatic rings. The first-order valence-corrected chi connectivity index (χ1v) is 6.16. The van der Waals surface area contributed by atoms with E-state index in [1.807, 2.05) is 0 Å². The van der Waals surface area contributed by atoms with Gasteiger partial charge in [0.15, 0.2) is 0 Å². The smallest absolute Gasteiger partial charge is 0.320 e. The highest BCUT2D eigenvalue weighted by Crippen LogP contribution is 2.16. The standard InChI is InChI=1S/C5H12N2O3S2/c1-3-7-5(6)4(2)11-12(8,9)10/h4H,3H2,1-2H3,(H2,6,7)(H,8,9,10). The topological polar surface area (TPSA) is 92.8 Å². The molecule has 0 spiro atoms. The van der Waals surface area contributed by atoms with Crippen molar-refractivity contribution in [3.63, 3.8) is 0 Å². The van der Waals surface area contributed by atoms with Crippen molar-refractivity contribution >= 4 is 25.8 Å². The Morgan fingerprint density at radius 1 is 1.75 bits per heavy atom. The maximum atomic E-state index is 10.4. The first kappa shape index (κ1) is 11.7. The summed E-state index contributed by atoms with van der Waals surface area (Å²) in [5, 5.41) is -0.514. The van der Waals surface area contributed by atoms with Crippen molar-refractivity contribution in [3.05, 3.63) is 0 Å². The molecule has 0 aromatic carbocycles. The molecule has 5 nitrogen and oxygen atoms in total. The molecule has 12 heavy (non-hydrogen) atoms. The minimum Gasteiger partial charge on any atom is -0.387 e. The van der Waals surface area contributed by atoms with Gasteiger partial charge < -0.3 is 5.73 Å². The summed E-state index contributed by atoms with van der Waals surface area (Å²) in [6, 6.07) is 0. The van der Waals surface area contributed by atoms with E-state index in [2.05, 4.69) is 4.99 Å². The van der Waals surface area contributed by atoms with Crippen LogP contribution in [0.25, 0.3) is 0 Å². The molecule has 72 valence electrons. The van der Waals surface area contributed by atoms with Crippen LogP contribution in [0, 0.1) is 0 Å². The molecule has 0 rings (SSSR count). The van der Waals surface area contributed by atoms with Crippen molar-refractivity contribution in [2.75, 3.05) is 6.54 Å². The third-order valence-electron chi connectivity index (χ3n) is 1.02. The molecule has 0 aliphatic rings. The van der Waals surface area contributed by atoms with Crippen LogP contribution in [0.4, 0.5) is 0 Å². The minimum atomic E-state index is -4.03. The Morgan fingerprint density at radius 2 is 2.25 bits per heavy atom. The molecule has 0 aliphatic heterocycles.